The number of halogens is 3. The zero-order chi connectivity index (χ0) is 20.4. The van der Waals surface area contributed by atoms with Crippen molar-refractivity contribution in [3.05, 3.63) is 65.3 Å². The van der Waals surface area contributed by atoms with Crippen LogP contribution in [0.2, 0.25) is 0 Å². The fraction of sp³-hybridized carbons (Fsp3) is 0.263. The minimum atomic E-state index is -4.70. The average Bonchev–Trinajstić information content (AvgIpc) is 3.15. The van der Waals surface area contributed by atoms with Crippen molar-refractivity contribution in [1.82, 2.24) is 25.8 Å². The Kier molecular flexibility index (Phi) is 5.01. The third-order valence-corrected chi connectivity index (χ3v) is 4.56. The van der Waals surface area contributed by atoms with Crippen LogP contribution in [0.5, 0.6) is 0 Å². The Morgan fingerprint density at radius 3 is 2.76 bits per heavy atom. The molecule has 0 fully saturated rings. The van der Waals surface area contributed by atoms with Gasteiger partial charge in [-0.1, -0.05) is 29.4 Å². The highest BCUT2D eigenvalue weighted by Crippen LogP contribution is 2.29. The maximum absolute atomic E-state index is 12.6. The Hall–Kier alpha value is -3.27. The van der Waals surface area contributed by atoms with Gasteiger partial charge in [0, 0.05) is 24.8 Å². The second-order valence-electron chi connectivity index (χ2n) is 6.51. The number of amides is 1. The summed E-state index contributed by atoms with van der Waals surface area (Å²) in [6, 6.07) is 10.4. The molecule has 0 radical (unpaired) electrons. The number of nitrogens with one attached hydrogen (secondary N) is 2. The molecule has 1 unspecified atom stereocenters. The second kappa shape index (κ2) is 7.63. The third-order valence-electron chi connectivity index (χ3n) is 4.56. The predicted molar refractivity (Wildman–Crippen MR) is 95.3 cm³/mol. The molecule has 0 aliphatic carbocycles. The molecule has 29 heavy (non-hydrogen) atoms. The molecule has 1 amide bonds. The first-order chi connectivity index (χ1) is 13.9. The predicted octanol–water partition coefficient (Wildman–Crippen LogP) is 2.65. The van der Waals surface area contributed by atoms with E-state index in [1.54, 1.807) is 12.1 Å². The van der Waals surface area contributed by atoms with Crippen LogP contribution in [0.1, 0.15) is 28.8 Å². The van der Waals surface area contributed by atoms with Crippen molar-refractivity contribution in [2.75, 3.05) is 6.54 Å². The van der Waals surface area contributed by atoms with Crippen molar-refractivity contribution < 1.29 is 22.5 Å². The lowest BCUT2D eigenvalue weighted by atomic mass is 9.99. The largest absolute Gasteiger partial charge is 0.471 e. The van der Waals surface area contributed by atoms with Gasteiger partial charge in [0.2, 0.25) is 11.7 Å². The molecule has 4 rings (SSSR count). The van der Waals surface area contributed by atoms with Crippen LogP contribution >= 0.6 is 0 Å². The lowest BCUT2D eigenvalue weighted by Gasteiger charge is -2.17. The summed E-state index contributed by atoms with van der Waals surface area (Å²) in [6.45, 7) is 0.873. The first-order valence-electron chi connectivity index (χ1n) is 8.87. The van der Waals surface area contributed by atoms with Gasteiger partial charge < -0.3 is 9.84 Å². The zero-order valence-electron chi connectivity index (χ0n) is 15.0. The maximum Gasteiger partial charge on any atom is 0.471 e. The molecule has 1 aliphatic heterocycles. The van der Waals surface area contributed by atoms with E-state index in [0.717, 1.165) is 17.5 Å². The van der Waals surface area contributed by atoms with E-state index in [1.165, 1.54) is 6.20 Å². The Balaban J connectivity index is 1.47. The van der Waals surface area contributed by atoms with E-state index in [9.17, 15) is 18.0 Å². The molecule has 3 aromatic rings. The highest BCUT2D eigenvalue weighted by Gasteiger charge is 2.38. The van der Waals surface area contributed by atoms with Crippen LogP contribution in [0, 0.1) is 0 Å². The minimum absolute atomic E-state index is 0.113. The number of hydrogen-bond donors (Lipinski definition) is 2. The monoisotopic (exact) mass is 403 g/mol. The van der Waals surface area contributed by atoms with Crippen LogP contribution in [0.15, 0.2) is 47.1 Å². The average molecular weight is 403 g/mol. The molecule has 2 aromatic heterocycles. The quantitative estimate of drug-likeness (QED) is 0.696. The SMILES string of the molecule is O=C1NCCc2ccccc2C1NCc1ccc(-c2noc(C(F)(F)F)n2)cn1. The van der Waals surface area contributed by atoms with Gasteiger partial charge in [0.15, 0.2) is 0 Å². The molecular formula is C19H16F3N5O2. The Labute approximate surface area is 163 Å². The van der Waals surface area contributed by atoms with Gasteiger partial charge in [-0.15, -0.1) is 0 Å². The molecule has 10 heteroatoms. The van der Waals surface area contributed by atoms with Crippen molar-refractivity contribution in [1.29, 1.82) is 0 Å². The summed E-state index contributed by atoms with van der Waals surface area (Å²) in [5, 5.41) is 9.41. The summed E-state index contributed by atoms with van der Waals surface area (Å²) in [5.41, 5.74) is 2.93. The molecule has 0 saturated heterocycles. The van der Waals surface area contributed by atoms with Crippen LogP contribution in [0.4, 0.5) is 13.2 Å². The number of aromatic nitrogens is 3. The van der Waals surface area contributed by atoms with E-state index in [4.69, 9.17) is 0 Å². The topological polar surface area (TPSA) is 92.9 Å². The van der Waals surface area contributed by atoms with Gasteiger partial charge >= 0.3 is 12.1 Å². The molecule has 3 heterocycles. The zero-order valence-corrected chi connectivity index (χ0v) is 15.0. The fourth-order valence-electron chi connectivity index (χ4n) is 3.13. The van der Waals surface area contributed by atoms with Gasteiger partial charge in [-0.2, -0.15) is 18.2 Å². The molecule has 0 saturated carbocycles. The van der Waals surface area contributed by atoms with Crippen molar-refractivity contribution in [2.45, 2.75) is 25.2 Å². The van der Waals surface area contributed by atoms with E-state index in [2.05, 4.69) is 30.3 Å². The summed E-state index contributed by atoms with van der Waals surface area (Å²) in [7, 11) is 0. The van der Waals surface area contributed by atoms with Gasteiger partial charge in [0.05, 0.1) is 5.69 Å². The number of fused-ring (bicyclic) bond motifs is 1. The molecule has 2 N–H and O–H groups in total. The van der Waals surface area contributed by atoms with E-state index < -0.39 is 18.1 Å². The molecule has 150 valence electrons. The van der Waals surface area contributed by atoms with Crippen LogP contribution in [-0.4, -0.2) is 27.6 Å². The lowest BCUT2D eigenvalue weighted by molar-refractivity contribution is -0.159. The van der Waals surface area contributed by atoms with Crippen LogP contribution in [-0.2, 0) is 23.9 Å². The molecule has 1 aliphatic rings. The number of carbonyl (C=O) groups excluding carboxylic acids is 1. The van der Waals surface area contributed by atoms with E-state index in [1.807, 2.05) is 24.3 Å². The first-order valence-corrected chi connectivity index (χ1v) is 8.87. The van der Waals surface area contributed by atoms with Gasteiger partial charge in [-0.25, -0.2) is 0 Å². The molecule has 0 spiro atoms. The lowest BCUT2D eigenvalue weighted by Crippen LogP contribution is -2.36. The number of hydrogen-bond acceptors (Lipinski definition) is 6. The molecule has 1 aromatic carbocycles. The number of rotatable bonds is 4. The van der Waals surface area contributed by atoms with Gasteiger partial charge in [0.1, 0.15) is 6.04 Å². The normalized spacial score (nSPS) is 16.8. The summed E-state index contributed by atoms with van der Waals surface area (Å²) in [5.74, 6) is -1.71. The van der Waals surface area contributed by atoms with E-state index >= 15 is 0 Å². The van der Waals surface area contributed by atoms with Crippen LogP contribution in [0.25, 0.3) is 11.4 Å². The third kappa shape index (κ3) is 4.11. The number of pyridine rings is 1. The molecule has 1 atom stereocenters. The van der Waals surface area contributed by atoms with Gasteiger partial charge in [0.25, 0.3) is 0 Å². The van der Waals surface area contributed by atoms with Crippen molar-refractivity contribution in [2.24, 2.45) is 0 Å². The van der Waals surface area contributed by atoms with Crippen LogP contribution in [0.3, 0.4) is 0 Å². The highest BCUT2D eigenvalue weighted by atomic mass is 19.4. The van der Waals surface area contributed by atoms with Crippen LogP contribution < -0.4 is 10.6 Å². The number of benzene rings is 1. The number of alkyl halides is 3. The Morgan fingerprint density at radius 2 is 2.03 bits per heavy atom. The number of carbonyl (C=O) groups is 1. The van der Waals surface area contributed by atoms with Crippen molar-refractivity contribution in [3.63, 3.8) is 0 Å². The molecular weight excluding hydrogens is 387 g/mol. The first kappa shape index (κ1) is 19.1. The minimum Gasteiger partial charge on any atom is -0.354 e. The summed E-state index contributed by atoms with van der Waals surface area (Å²) in [4.78, 5) is 20.0. The molecule has 7 nitrogen and oxygen atoms in total. The smallest absolute Gasteiger partial charge is 0.354 e. The highest BCUT2D eigenvalue weighted by molar-refractivity contribution is 5.84. The second-order valence-corrected chi connectivity index (χ2v) is 6.51. The Morgan fingerprint density at radius 1 is 1.21 bits per heavy atom. The molecule has 0 bridgehead atoms. The van der Waals surface area contributed by atoms with Gasteiger partial charge in [-0.05, 0) is 29.7 Å². The standard InChI is InChI=1S/C19H16F3N5O2/c20-19(21,22)18-26-16(27-29-18)12-5-6-13(24-9-12)10-25-15-14-4-2-1-3-11(14)7-8-23-17(15)28/h1-6,9,15,25H,7-8,10H2,(H,23,28). The van der Waals surface area contributed by atoms with E-state index in [0.29, 0.717) is 24.3 Å². The Bertz CT molecular complexity index is 1020. The summed E-state index contributed by atoms with van der Waals surface area (Å²) >= 11 is 0. The van der Waals surface area contributed by atoms with Crippen molar-refractivity contribution >= 4 is 5.91 Å². The van der Waals surface area contributed by atoms with Gasteiger partial charge in [-0.3, -0.25) is 15.1 Å². The number of nitrogens with zero attached hydrogens (tertiary/aromatic N) is 3. The maximum atomic E-state index is 12.6. The van der Waals surface area contributed by atoms with Crippen molar-refractivity contribution in [3.8, 4) is 11.4 Å². The fourth-order valence-corrected chi connectivity index (χ4v) is 3.13. The summed E-state index contributed by atoms with van der Waals surface area (Å²) in [6.07, 6.45) is -2.57. The van der Waals surface area contributed by atoms with E-state index in [-0.39, 0.29) is 11.7 Å². The summed E-state index contributed by atoms with van der Waals surface area (Å²) < 4.78 is 41.9.